The Morgan fingerprint density at radius 2 is 1.47 bits per heavy atom. The second-order valence-corrected chi connectivity index (χ2v) is 6.63. The maximum atomic E-state index is 14.6. The zero-order valence-corrected chi connectivity index (χ0v) is 17.3. The van der Waals surface area contributed by atoms with Gasteiger partial charge in [0.1, 0.15) is 19.8 Å². The maximum Gasteiger partial charge on any atom is 0.338 e. The van der Waals surface area contributed by atoms with E-state index >= 15 is 0 Å². The molecule has 0 spiro atoms. The summed E-state index contributed by atoms with van der Waals surface area (Å²) in [5, 5.41) is 31.8. The summed E-state index contributed by atoms with van der Waals surface area (Å²) in [4.78, 5) is 29.0. The number of nitrogens with zero attached hydrogens (tertiary/aromatic N) is 1. The molecule has 0 saturated heterocycles. The van der Waals surface area contributed by atoms with Crippen LogP contribution in [0.1, 0.15) is 31.8 Å². The molecule has 0 aliphatic carbocycles. The molecule has 0 bridgehead atoms. The van der Waals surface area contributed by atoms with Crippen molar-refractivity contribution in [1.82, 2.24) is 0 Å². The fourth-order valence-electron chi connectivity index (χ4n) is 2.58. The second kappa shape index (κ2) is 12.5. The first kappa shape index (κ1) is 24.9. The molecule has 0 fully saturated rings. The van der Waals surface area contributed by atoms with Crippen molar-refractivity contribution in [1.29, 1.82) is 0 Å². The number of esters is 2. The summed E-state index contributed by atoms with van der Waals surface area (Å²) in [5.74, 6) is -1.72. The number of benzene rings is 2. The van der Waals surface area contributed by atoms with Crippen molar-refractivity contribution in [2.45, 2.75) is 31.6 Å². The molecule has 0 saturated carbocycles. The lowest BCUT2D eigenvalue weighted by molar-refractivity contribution is -0.0594. The number of halogens is 1. The van der Waals surface area contributed by atoms with Crippen molar-refractivity contribution in [3.63, 3.8) is 0 Å². The Hall–Kier alpha value is -3.34. The number of ether oxygens (including phenoxy) is 2. The summed E-state index contributed by atoms with van der Waals surface area (Å²) in [7, 11) is 1.19. The third-order valence-corrected chi connectivity index (χ3v) is 4.37. The number of carbonyl (C=O) groups excluding carboxylic acids is 2. The first-order chi connectivity index (χ1) is 15.4. The van der Waals surface area contributed by atoms with E-state index < -0.39 is 36.9 Å². The number of rotatable bonds is 11. The van der Waals surface area contributed by atoms with Crippen LogP contribution >= 0.6 is 0 Å². The largest absolute Gasteiger partial charge is 0.459 e. The van der Waals surface area contributed by atoms with Gasteiger partial charge in [-0.15, -0.1) is 0 Å². The summed E-state index contributed by atoms with van der Waals surface area (Å²) in [6.45, 7) is -1.07. The Kier molecular flexibility index (Phi) is 9.74. The van der Waals surface area contributed by atoms with Crippen molar-refractivity contribution in [3.05, 3.63) is 70.8 Å². The molecule has 0 aromatic heterocycles. The highest BCUT2D eigenvalue weighted by Gasteiger charge is 2.33. The maximum absolute atomic E-state index is 14.6. The lowest BCUT2D eigenvalue weighted by Crippen LogP contribution is -2.43. The van der Waals surface area contributed by atoms with Crippen molar-refractivity contribution in [3.8, 4) is 0 Å². The molecule has 0 aliphatic rings. The van der Waals surface area contributed by atoms with Crippen LogP contribution in [-0.4, -0.2) is 65.6 Å². The molecule has 3 N–H and O–H groups in total. The molecule has 9 nitrogen and oxygen atoms in total. The van der Waals surface area contributed by atoms with Gasteiger partial charge in [-0.3, -0.25) is 0 Å². The molecule has 0 radical (unpaired) electrons. The lowest BCUT2D eigenvalue weighted by Gasteiger charge is -2.24. The Balaban J connectivity index is 2.07. The van der Waals surface area contributed by atoms with Crippen molar-refractivity contribution >= 4 is 18.2 Å². The van der Waals surface area contributed by atoms with E-state index in [1.165, 1.54) is 55.6 Å². The minimum atomic E-state index is -2.06. The van der Waals surface area contributed by atoms with Crippen LogP contribution in [0.5, 0.6) is 0 Å². The Bertz CT molecular complexity index is 901. The van der Waals surface area contributed by atoms with Gasteiger partial charge in [-0.2, -0.15) is 0 Å². The minimum Gasteiger partial charge on any atom is -0.459 e. The molecule has 172 valence electrons. The molecule has 32 heavy (non-hydrogen) atoms. The van der Waals surface area contributed by atoms with E-state index in [1.54, 1.807) is 0 Å². The van der Waals surface area contributed by atoms with Crippen LogP contribution in [-0.2, 0) is 27.5 Å². The lowest BCUT2D eigenvalue weighted by atomic mass is 10.1. The van der Waals surface area contributed by atoms with Crippen LogP contribution in [0.4, 0.5) is 4.39 Å². The molecular weight excluding hydrogens is 425 g/mol. The SMILES string of the molecule is CO/N=C\[C@@H](F)[C@H](OC(=O)c1ccc(CO)cc1)[C@H](O)COC(=O)c1ccc(CO)cc1. The monoisotopic (exact) mass is 449 g/mol. The Labute approximate surface area is 183 Å². The van der Waals surface area contributed by atoms with E-state index in [4.69, 9.17) is 19.7 Å². The summed E-state index contributed by atoms with van der Waals surface area (Å²) < 4.78 is 24.7. The van der Waals surface area contributed by atoms with Crippen molar-refractivity contribution in [2.24, 2.45) is 5.16 Å². The summed E-state index contributed by atoms with van der Waals surface area (Å²) in [5.41, 5.74) is 1.38. The summed E-state index contributed by atoms with van der Waals surface area (Å²) in [6.07, 6.45) is -4.82. The zero-order chi connectivity index (χ0) is 23.5. The van der Waals surface area contributed by atoms with Gasteiger partial charge < -0.3 is 29.6 Å². The van der Waals surface area contributed by atoms with Crippen LogP contribution in [0.15, 0.2) is 53.7 Å². The van der Waals surface area contributed by atoms with Gasteiger partial charge in [0.2, 0.25) is 0 Å². The number of hydrogen-bond donors (Lipinski definition) is 3. The number of carbonyl (C=O) groups is 2. The summed E-state index contributed by atoms with van der Waals surface area (Å²) >= 11 is 0. The predicted octanol–water partition coefficient (Wildman–Crippen LogP) is 1.38. The molecular formula is C22H24FNO8. The normalized spacial score (nSPS) is 13.9. The molecule has 3 atom stereocenters. The second-order valence-electron chi connectivity index (χ2n) is 6.63. The number of aliphatic hydroxyl groups excluding tert-OH is 3. The van der Waals surface area contributed by atoms with Gasteiger partial charge in [0.05, 0.1) is 30.6 Å². The van der Waals surface area contributed by atoms with E-state index in [2.05, 4.69) is 9.99 Å². The Morgan fingerprint density at radius 3 is 1.94 bits per heavy atom. The van der Waals surface area contributed by atoms with Crippen LogP contribution in [0.25, 0.3) is 0 Å². The quantitative estimate of drug-likeness (QED) is 0.266. The first-order valence-electron chi connectivity index (χ1n) is 9.56. The van der Waals surface area contributed by atoms with E-state index in [-0.39, 0.29) is 24.3 Å². The average molecular weight is 449 g/mol. The third-order valence-electron chi connectivity index (χ3n) is 4.37. The first-order valence-corrected chi connectivity index (χ1v) is 9.56. The van der Waals surface area contributed by atoms with Gasteiger partial charge in [0, 0.05) is 0 Å². The zero-order valence-electron chi connectivity index (χ0n) is 17.3. The van der Waals surface area contributed by atoms with E-state index in [1.807, 2.05) is 0 Å². The number of hydrogen-bond acceptors (Lipinski definition) is 9. The number of aliphatic hydroxyl groups is 3. The van der Waals surface area contributed by atoms with E-state index in [0.717, 1.165) is 0 Å². The average Bonchev–Trinajstić information content (AvgIpc) is 2.83. The molecule has 0 heterocycles. The fraction of sp³-hybridized carbons (Fsp3) is 0.318. The highest BCUT2D eigenvalue weighted by Crippen LogP contribution is 2.15. The van der Waals surface area contributed by atoms with Crippen LogP contribution in [0.3, 0.4) is 0 Å². The number of alkyl halides is 1. The van der Waals surface area contributed by atoms with Crippen LogP contribution < -0.4 is 0 Å². The molecule has 0 amide bonds. The van der Waals surface area contributed by atoms with Gasteiger partial charge in [0.15, 0.2) is 12.3 Å². The van der Waals surface area contributed by atoms with Gasteiger partial charge in [-0.1, -0.05) is 29.4 Å². The molecule has 10 heteroatoms. The van der Waals surface area contributed by atoms with Crippen LogP contribution in [0, 0.1) is 0 Å². The van der Waals surface area contributed by atoms with Gasteiger partial charge in [0.25, 0.3) is 0 Å². The van der Waals surface area contributed by atoms with E-state index in [9.17, 15) is 19.1 Å². The molecule has 0 unspecified atom stereocenters. The molecule has 2 aromatic carbocycles. The van der Waals surface area contributed by atoms with Crippen molar-refractivity contribution < 1.29 is 43.6 Å². The third kappa shape index (κ3) is 7.12. The van der Waals surface area contributed by atoms with Gasteiger partial charge in [-0.25, -0.2) is 14.0 Å². The molecule has 2 aromatic rings. The van der Waals surface area contributed by atoms with Gasteiger partial charge in [-0.05, 0) is 35.4 Å². The number of oxime groups is 1. The highest BCUT2D eigenvalue weighted by atomic mass is 19.1. The van der Waals surface area contributed by atoms with Crippen molar-refractivity contribution in [2.75, 3.05) is 13.7 Å². The van der Waals surface area contributed by atoms with Crippen LogP contribution in [0.2, 0.25) is 0 Å². The molecule has 0 aliphatic heterocycles. The van der Waals surface area contributed by atoms with Gasteiger partial charge >= 0.3 is 11.9 Å². The minimum absolute atomic E-state index is 0.0660. The smallest absolute Gasteiger partial charge is 0.338 e. The topological polar surface area (TPSA) is 135 Å². The standard InChI is InChI=1S/C22H24FNO8/c1-30-24-10-18(23)20(32-22(29)17-8-4-15(12-26)5-9-17)19(27)13-31-21(28)16-6-2-14(11-25)3-7-16/h2-10,18-20,25-27H,11-13H2,1H3/b24-10-/t18-,19-,20+/m1/s1. The summed E-state index contributed by atoms with van der Waals surface area (Å²) in [6, 6.07) is 11.6. The predicted molar refractivity (Wildman–Crippen MR) is 111 cm³/mol. The highest BCUT2D eigenvalue weighted by molar-refractivity contribution is 5.90. The fourth-order valence-corrected chi connectivity index (χ4v) is 2.58. The van der Waals surface area contributed by atoms with E-state index in [0.29, 0.717) is 17.3 Å². The Morgan fingerprint density at radius 1 is 0.969 bits per heavy atom. The molecule has 2 rings (SSSR count).